The lowest BCUT2D eigenvalue weighted by Crippen LogP contribution is -2.56. The lowest BCUT2D eigenvalue weighted by molar-refractivity contribution is -0.150. The zero-order valence-corrected chi connectivity index (χ0v) is 20.7. The Morgan fingerprint density at radius 1 is 1.08 bits per heavy atom. The summed E-state index contributed by atoms with van der Waals surface area (Å²) in [5.41, 5.74) is 3.63. The molecule has 192 valence electrons. The van der Waals surface area contributed by atoms with Gasteiger partial charge < -0.3 is 19.7 Å². The molecule has 0 spiro atoms. The van der Waals surface area contributed by atoms with Crippen molar-refractivity contribution < 1.29 is 23.5 Å². The normalized spacial score (nSPS) is 22.8. The van der Waals surface area contributed by atoms with Crippen molar-refractivity contribution in [2.75, 3.05) is 44.3 Å². The first-order valence-electron chi connectivity index (χ1n) is 13.0. The number of piperazine rings is 1. The third-order valence-corrected chi connectivity index (χ3v) is 7.55. The third kappa shape index (κ3) is 5.39. The standard InChI is InChI=1S/C28H34FN3O4/c1-2-26(33)36-25-5-3-4-19-8-11-22(31-12-14-32(15-13-31)23-17-35-18-23)16-24(19)27(25)30-28(34)20-6-9-21(29)10-7-20/h6-11,16,23,25,27H,2-5,12-15,17-18H2,1H3,(H,30,34)/t25-,27-/m0/s1. The molecule has 2 aliphatic heterocycles. The molecular formula is C28H34FN3O4. The Morgan fingerprint density at radius 2 is 1.83 bits per heavy atom. The van der Waals surface area contributed by atoms with Gasteiger partial charge in [0.05, 0.1) is 25.3 Å². The van der Waals surface area contributed by atoms with Gasteiger partial charge in [-0.15, -0.1) is 0 Å². The molecular weight excluding hydrogens is 461 g/mol. The number of rotatable bonds is 6. The quantitative estimate of drug-likeness (QED) is 0.489. The summed E-state index contributed by atoms with van der Waals surface area (Å²) in [4.78, 5) is 30.3. The Bertz CT molecular complexity index is 1080. The summed E-state index contributed by atoms with van der Waals surface area (Å²) in [5, 5.41) is 3.12. The van der Waals surface area contributed by atoms with E-state index in [0.717, 1.165) is 69.0 Å². The molecule has 0 aromatic heterocycles. The van der Waals surface area contributed by atoms with Crippen molar-refractivity contribution in [3.8, 4) is 0 Å². The second-order valence-corrected chi connectivity index (χ2v) is 9.83. The van der Waals surface area contributed by atoms with Gasteiger partial charge in [-0.3, -0.25) is 14.5 Å². The Labute approximate surface area is 211 Å². The summed E-state index contributed by atoms with van der Waals surface area (Å²) in [5.74, 6) is -0.987. The Morgan fingerprint density at radius 3 is 2.50 bits per heavy atom. The molecule has 1 aliphatic carbocycles. The van der Waals surface area contributed by atoms with Gasteiger partial charge in [-0.05, 0) is 66.8 Å². The maximum absolute atomic E-state index is 13.4. The minimum absolute atomic E-state index is 0.276. The fourth-order valence-electron chi connectivity index (χ4n) is 5.31. The van der Waals surface area contributed by atoms with Crippen LogP contribution in [0.3, 0.4) is 0 Å². The van der Waals surface area contributed by atoms with Crippen LogP contribution in [-0.2, 0) is 20.7 Å². The Balaban J connectivity index is 1.41. The number of hydrogen-bond acceptors (Lipinski definition) is 6. The second kappa shape index (κ2) is 11.0. The van der Waals surface area contributed by atoms with E-state index in [9.17, 15) is 14.0 Å². The summed E-state index contributed by atoms with van der Waals surface area (Å²) < 4.78 is 24.6. The number of amides is 1. The van der Waals surface area contributed by atoms with Gasteiger partial charge in [0, 0.05) is 43.9 Å². The van der Waals surface area contributed by atoms with Gasteiger partial charge in [0.25, 0.3) is 5.91 Å². The summed E-state index contributed by atoms with van der Waals surface area (Å²) in [6, 6.07) is 12.0. The first-order chi connectivity index (χ1) is 17.5. The van der Waals surface area contributed by atoms with Crippen molar-refractivity contribution in [1.29, 1.82) is 0 Å². The predicted octanol–water partition coefficient (Wildman–Crippen LogP) is 3.48. The first kappa shape index (κ1) is 24.7. The van der Waals surface area contributed by atoms with E-state index >= 15 is 0 Å². The van der Waals surface area contributed by atoms with E-state index in [1.165, 1.54) is 24.3 Å². The molecule has 1 amide bonds. The van der Waals surface area contributed by atoms with Gasteiger partial charge in [0.1, 0.15) is 11.9 Å². The average molecular weight is 496 g/mol. The van der Waals surface area contributed by atoms with Gasteiger partial charge in [0.2, 0.25) is 0 Å². The Kier molecular flexibility index (Phi) is 7.53. The molecule has 0 unspecified atom stereocenters. The number of ether oxygens (including phenoxy) is 2. The SMILES string of the molecule is CCC(=O)O[C@H]1CCCc2ccc(N3CCN(C4COC4)CC3)cc2[C@@H]1NC(=O)c1ccc(F)cc1. The van der Waals surface area contributed by atoms with Gasteiger partial charge in [0.15, 0.2) is 0 Å². The number of nitrogens with one attached hydrogen (secondary N) is 1. The molecule has 36 heavy (non-hydrogen) atoms. The number of carbonyl (C=O) groups excluding carboxylic acids is 2. The minimum Gasteiger partial charge on any atom is -0.460 e. The molecule has 8 heteroatoms. The van der Waals surface area contributed by atoms with Crippen molar-refractivity contribution in [2.24, 2.45) is 0 Å². The zero-order chi connectivity index (χ0) is 25.1. The maximum Gasteiger partial charge on any atom is 0.305 e. The van der Waals surface area contributed by atoms with Crippen LogP contribution in [0.4, 0.5) is 10.1 Å². The highest BCUT2D eigenvalue weighted by atomic mass is 19.1. The summed E-state index contributed by atoms with van der Waals surface area (Å²) in [6.45, 7) is 7.26. The van der Waals surface area contributed by atoms with Crippen LogP contribution in [0.5, 0.6) is 0 Å². The van der Waals surface area contributed by atoms with Crippen molar-refractivity contribution in [3.05, 3.63) is 65.0 Å². The van der Waals surface area contributed by atoms with Crippen molar-refractivity contribution in [2.45, 2.75) is 50.8 Å². The minimum atomic E-state index is -0.482. The van der Waals surface area contributed by atoms with Crippen LogP contribution in [0, 0.1) is 5.82 Å². The lowest BCUT2D eigenvalue weighted by Gasteiger charge is -2.43. The fraction of sp³-hybridized carbons (Fsp3) is 0.500. The molecule has 2 heterocycles. The monoisotopic (exact) mass is 495 g/mol. The molecule has 5 rings (SSSR count). The number of benzene rings is 2. The molecule has 2 aromatic rings. The van der Waals surface area contributed by atoms with Crippen LogP contribution in [0.25, 0.3) is 0 Å². The average Bonchev–Trinajstić information content (AvgIpc) is 3.02. The molecule has 0 radical (unpaired) electrons. The molecule has 0 bridgehead atoms. The van der Waals surface area contributed by atoms with Crippen LogP contribution >= 0.6 is 0 Å². The zero-order valence-electron chi connectivity index (χ0n) is 20.7. The van der Waals surface area contributed by atoms with Gasteiger partial charge in [-0.2, -0.15) is 0 Å². The molecule has 2 atom stereocenters. The molecule has 2 aromatic carbocycles. The van der Waals surface area contributed by atoms with Crippen molar-refractivity contribution in [1.82, 2.24) is 10.2 Å². The number of aryl methyl sites for hydroxylation is 1. The number of hydrogen-bond donors (Lipinski definition) is 1. The summed E-state index contributed by atoms with van der Waals surface area (Å²) >= 11 is 0. The number of anilines is 1. The van der Waals surface area contributed by atoms with Crippen molar-refractivity contribution >= 4 is 17.6 Å². The molecule has 7 nitrogen and oxygen atoms in total. The second-order valence-electron chi connectivity index (χ2n) is 9.83. The highest BCUT2D eigenvalue weighted by molar-refractivity contribution is 5.94. The molecule has 1 N–H and O–H groups in total. The highest BCUT2D eigenvalue weighted by Gasteiger charge is 2.33. The topological polar surface area (TPSA) is 71.1 Å². The lowest BCUT2D eigenvalue weighted by atomic mass is 9.95. The van der Waals surface area contributed by atoms with Crippen LogP contribution in [0.15, 0.2) is 42.5 Å². The van der Waals surface area contributed by atoms with Gasteiger partial charge in [-0.25, -0.2) is 4.39 Å². The number of fused-ring (bicyclic) bond motifs is 1. The largest absolute Gasteiger partial charge is 0.460 e. The summed E-state index contributed by atoms with van der Waals surface area (Å²) in [6.07, 6.45) is 2.19. The van der Waals surface area contributed by atoms with Crippen LogP contribution in [0.2, 0.25) is 0 Å². The van der Waals surface area contributed by atoms with E-state index in [2.05, 4.69) is 33.3 Å². The summed E-state index contributed by atoms with van der Waals surface area (Å²) in [7, 11) is 0. The van der Waals surface area contributed by atoms with Gasteiger partial charge in [-0.1, -0.05) is 13.0 Å². The molecule has 0 saturated carbocycles. The molecule has 3 aliphatic rings. The van der Waals surface area contributed by atoms with Crippen LogP contribution in [0.1, 0.15) is 53.7 Å². The molecule has 2 fully saturated rings. The number of nitrogens with zero attached hydrogens (tertiary/aromatic N) is 2. The van der Waals surface area contributed by atoms with Crippen molar-refractivity contribution in [3.63, 3.8) is 0 Å². The van der Waals surface area contributed by atoms with Crippen LogP contribution in [-0.4, -0.2) is 68.3 Å². The molecule has 2 saturated heterocycles. The number of halogens is 1. The van der Waals surface area contributed by atoms with E-state index in [4.69, 9.17) is 9.47 Å². The fourth-order valence-corrected chi connectivity index (χ4v) is 5.31. The van der Waals surface area contributed by atoms with E-state index in [1.807, 2.05) is 0 Å². The number of carbonyl (C=O) groups is 2. The van der Waals surface area contributed by atoms with E-state index in [0.29, 0.717) is 18.0 Å². The van der Waals surface area contributed by atoms with Gasteiger partial charge >= 0.3 is 5.97 Å². The smallest absolute Gasteiger partial charge is 0.305 e. The first-order valence-corrected chi connectivity index (χ1v) is 13.0. The predicted molar refractivity (Wildman–Crippen MR) is 135 cm³/mol. The van der Waals surface area contributed by atoms with E-state index < -0.39 is 18.0 Å². The third-order valence-electron chi connectivity index (χ3n) is 7.55. The van der Waals surface area contributed by atoms with E-state index in [-0.39, 0.29) is 18.3 Å². The number of esters is 1. The Hall–Kier alpha value is -2.97. The van der Waals surface area contributed by atoms with Crippen LogP contribution < -0.4 is 10.2 Å². The maximum atomic E-state index is 13.4. The highest BCUT2D eigenvalue weighted by Crippen LogP contribution is 2.34. The van der Waals surface area contributed by atoms with E-state index in [1.54, 1.807) is 6.92 Å².